The first-order chi connectivity index (χ1) is 8.38. The summed E-state index contributed by atoms with van der Waals surface area (Å²) in [5.74, 6) is 2.80. The quantitative estimate of drug-likeness (QED) is 0.817. The van der Waals surface area contributed by atoms with Crippen molar-refractivity contribution in [3.8, 4) is 11.5 Å². The third kappa shape index (κ3) is 3.66. The van der Waals surface area contributed by atoms with Crippen LogP contribution in [0.2, 0.25) is 0 Å². The third-order valence-corrected chi connectivity index (χ3v) is 2.49. The molecule has 1 aromatic carbocycles. The van der Waals surface area contributed by atoms with Crippen LogP contribution < -0.4 is 14.8 Å². The number of amidine groups is 1. The van der Waals surface area contributed by atoms with E-state index in [9.17, 15) is 0 Å². The van der Waals surface area contributed by atoms with Gasteiger partial charge in [0.2, 0.25) is 0 Å². The molecule has 0 radical (unpaired) electrons. The van der Waals surface area contributed by atoms with Gasteiger partial charge in [-0.3, -0.25) is 4.99 Å². The topological polar surface area (TPSA) is 42.9 Å². The first-order valence-electron chi connectivity index (χ1n) is 6.01. The standard InChI is InChI=1S/C13H18N2O2/c1-2-16-11-3-5-12(6-4-11)17-10-7-13-14-8-9-15-13/h3-6H,2,7-10H2,1H3,(H,14,15). The third-order valence-electron chi connectivity index (χ3n) is 2.49. The Kier molecular flexibility index (Phi) is 4.24. The number of rotatable bonds is 6. The van der Waals surface area contributed by atoms with E-state index >= 15 is 0 Å². The van der Waals surface area contributed by atoms with E-state index in [1.54, 1.807) is 0 Å². The van der Waals surface area contributed by atoms with Gasteiger partial charge < -0.3 is 14.8 Å². The lowest BCUT2D eigenvalue weighted by atomic mass is 10.3. The van der Waals surface area contributed by atoms with E-state index in [-0.39, 0.29) is 0 Å². The summed E-state index contributed by atoms with van der Waals surface area (Å²) < 4.78 is 11.0. The smallest absolute Gasteiger partial charge is 0.119 e. The Morgan fingerprint density at radius 2 is 1.88 bits per heavy atom. The van der Waals surface area contributed by atoms with Crippen LogP contribution in [0.4, 0.5) is 0 Å². The van der Waals surface area contributed by atoms with Gasteiger partial charge in [0.05, 0.1) is 25.6 Å². The number of benzene rings is 1. The van der Waals surface area contributed by atoms with E-state index in [4.69, 9.17) is 9.47 Å². The van der Waals surface area contributed by atoms with Crippen LogP contribution in [0.3, 0.4) is 0 Å². The highest BCUT2D eigenvalue weighted by molar-refractivity contribution is 5.83. The molecule has 1 N–H and O–H groups in total. The first kappa shape index (κ1) is 11.8. The van der Waals surface area contributed by atoms with E-state index in [0.717, 1.165) is 36.8 Å². The van der Waals surface area contributed by atoms with Crippen molar-refractivity contribution in [1.82, 2.24) is 5.32 Å². The summed E-state index contributed by atoms with van der Waals surface area (Å²) in [5, 5.41) is 3.22. The molecule has 1 heterocycles. The predicted molar refractivity (Wildman–Crippen MR) is 68.0 cm³/mol. The minimum Gasteiger partial charge on any atom is -0.494 e. The van der Waals surface area contributed by atoms with Gasteiger partial charge in [0.25, 0.3) is 0 Å². The largest absolute Gasteiger partial charge is 0.494 e. The molecule has 4 heteroatoms. The molecule has 0 aromatic heterocycles. The molecule has 1 aromatic rings. The molecule has 4 nitrogen and oxygen atoms in total. The zero-order chi connectivity index (χ0) is 11.9. The molecular formula is C13H18N2O2. The van der Waals surface area contributed by atoms with E-state index in [2.05, 4.69) is 10.3 Å². The SMILES string of the molecule is CCOc1ccc(OCCC2=NCCN2)cc1. The Morgan fingerprint density at radius 3 is 2.47 bits per heavy atom. The van der Waals surface area contributed by atoms with Gasteiger partial charge in [0.15, 0.2) is 0 Å². The minimum absolute atomic E-state index is 0.653. The summed E-state index contributed by atoms with van der Waals surface area (Å²) in [6, 6.07) is 7.69. The van der Waals surface area contributed by atoms with E-state index in [1.165, 1.54) is 0 Å². The number of hydrogen-bond donors (Lipinski definition) is 1. The molecule has 1 aliphatic heterocycles. The fraction of sp³-hybridized carbons (Fsp3) is 0.462. The van der Waals surface area contributed by atoms with Crippen molar-refractivity contribution in [2.45, 2.75) is 13.3 Å². The Morgan fingerprint density at radius 1 is 1.18 bits per heavy atom. The molecule has 0 saturated heterocycles. The summed E-state index contributed by atoms with van der Waals surface area (Å²) in [7, 11) is 0. The molecule has 0 amide bonds. The number of nitrogens with one attached hydrogen (secondary N) is 1. The fourth-order valence-corrected chi connectivity index (χ4v) is 1.68. The van der Waals surface area contributed by atoms with Crippen molar-refractivity contribution in [3.05, 3.63) is 24.3 Å². The molecule has 0 unspecified atom stereocenters. The van der Waals surface area contributed by atoms with E-state index < -0.39 is 0 Å². The van der Waals surface area contributed by atoms with Crippen LogP contribution in [-0.4, -0.2) is 32.1 Å². The van der Waals surface area contributed by atoms with Crippen LogP contribution in [-0.2, 0) is 0 Å². The lowest BCUT2D eigenvalue weighted by molar-refractivity contribution is 0.323. The van der Waals surface area contributed by atoms with E-state index in [1.807, 2.05) is 31.2 Å². The lowest BCUT2D eigenvalue weighted by Crippen LogP contribution is -2.20. The summed E-state index contributed by atoms with van der Waals surface area (Å²) in [6.07, 6.45) is 0.840. The molecule has 0 spiro atoms. The summed E-state index contributed by atoms with van der Waals surface area (Å²) in [6.45, 7) is 5.15. The summed E-state index contributed by atoms with van der Waals surface area (Å²) >= 11 is 0. The highest BCUT2D eigenvalue weighted by Gasteiger charge is 2.04. The van der Waals surface area contributed by atoms with Crippen molar-refractivity contribution < 1.29 is 9.47 Å². The van der Waals surface area contributed by atoms with Crippen molar-refractivity contribution in [2.24, 2.45) is 4.99 Å². The second-order valence-electron chi connectivity index (χ2n) is 3.76. The highest BCUT2D eigenvalue weighted by Crippen LogP contribution is 2.17. The fourth-order valence-electron chi connectivity index (χ4n) is 1.68. The van der Waals surface area contributed by atoms with Crippen LogP contribution in [0.15, 0.2) is 29.3 Å². The van der Waals surface area contributed by atoms with Crippen LogP contribution in [0.1, 0.15) is 13.3 Å². The predicted octanol–water partition coefficient (Wildman–Crippen LogP) is 1.86. The molecule has 17 heavy (non-hydrogen) atoms. The van der Waals surface area contributed by atoms with Crippen molar-refractivity contribution in [1.29, 1.82) is 0 Å². The average Bonchev–Trinajstić information content (AvgIpc) is 2.85. The highest BCUT2D eigenvalue weighted by atomic mass is 16.5. The van der Waals surface area contributed by atoms with Crippen LogP contribution in [0.25, 0.3) is 0 Å². The van der Waals surface area contributed by atoms with Gasteiger partial charge in [-0.2, -0.15) is 0 Å². The van der Waals surface area contributed by atoms with Crippen LogP contribution >= 0.6 is 0 Å². The van der Waals surface area contributed by atoms with Crippen molar-refractivity contribution >= 4 is 5.84 Å². The second-order valence-corrected chi connectivity index (χ2v) is 3.76. The number of hydrogen-bond acceptors (Lipinski definition) is 4. The normalized spacial score (nSPS) is 14.1. The first-order valence-corrected chi connectivity index (χ1v) is 6.01. The molecule has 1 aliphatic rings. The molecule has 92 valence electrons. The maximum absolute atomic E-state index is 5.62. The Balaban J connectivity index is 1.74. The number of ether oxygens (including phenoxy) is 2. The second kappa shape index (κ2) is 6.13. The van der Waals surface area contributed by atoms with Gasteiger partial charge in [-0.25, -0.2) is 0 Å². The van der Waals surface area contributed by atoms with Gasteiger partial charge in [-0.05, 0) is 31.2 Å². The van der Waals surface area contributed by atoms with Gasteiger partial charge in [-0.1, -0.05) is 0 Å². The molecule has 0 atom stereocenters. The van der Waals surface area contributed by atoms with Crippen LogP contribution in [0.5, 0.6) is 11.5 Å². The number of nitrogens with zero attached hydrogens (tertiary/aromatic N) is 1. The van der Waals surface area contributed by atoms with Gasteiger partial charge in [0.1, 0.15) is 11.5 Å². The van der Waals surface area contributed by atoms with Crippen molar-refractivity contribution in [2.75, 3.05) is 26.3 Å². The molecule has 0 bridgehead atoms. The average molecular weight is 234 g/mol. The molecule has 2 rings (SSSR count). The Hall–Kier alpha value is -1.71. The lowest BCUT2D eigenvalue weighted by Gasteiger charge is -2.07. The monoisotopic (exact) mass is 234 g/mol. The number of aliphatic imine (C=N–C) groups is 1. The van der Waals surface area contributed by atoms with Gasteiger partial charge in [0, 0.05) is 13.0 Å². The molecular weight excluding hydrogens is 216 g/mol. The molecule has 0 saturated carbocycles. The zero-order valence-corrected chi connectivity index (χ0v) is 10.1. The molecule has 0 aliphatic carbocycles. The minimum atomic E-state index is 0.653. The summed E-state index contributed by atoms with van der Waals surface area (Å²) in [5.41, 5.74) is 0. The van der Waals surface area contributed by atoms with E-state index in [0.29, 0.717) is 13.2 Å². The Labute approximate surface area is 102 Å². The Bertz CT molecular complexity index is 374. The van der Waals surface area contributed by atoms with Crippen LogP contribution in [0, 0.1) is 0 Å². The molecule has 0 fully saturated rings. The zero-order valence-electron chi connectivity index (χ0n) is 10.1. The summed E-state index contributed by atoms with van der Waals surface area (Å²) in [4.78, 5) is 4.31. The van der Waals surface area contributed by atoms with Crippen molar-refractivity contribution in [3.63, 3.8) is 0 Å². The van der Waals surface area contributed by atoms with Gasteiger partial charge in [-0.15, -0.1) is 0 Å². The maximum atomic E-state index is 5.62. The van der Waals surface area contributed by atoms with Gasteiger partial charge >= 0.3 is 0 Å². The maximum Gasteiger partial charge on any atom is 0.119 e.